The third kappa shape index (κ3) is 1.44. The number of likely N-dealkylation sites (tertiary alicyclic amines) is 1. The highest BCUT2D eigenvalue weighted by Gasteiger charge is 2.28. The van der Waals surface area contributed by atoms with Crippen molar-refractivity contribution in [3.63, 3.8) is 0 Å². The molecule has 1 fully saturated rings. The highest BCUT2D eigenvalue weighted by Crippen LogP contribution is 2.25. The number of dihydropyridines is 1. The van der Waals surface area contributed by atoms with E-state index in [0.717, 1.165) is 6.54 Å². The van der Waals surface area contributed by atoms with Crippen molar-refractivity contribution in [3.05, 3.63) is 18.1 Å². The molecule has 0 bridgehead atoms. The molecule has 2 aliphatic heterocycles. The Bertz CT molecular complexity index is 208. The predicted octanol–water partition coefficient (Wildman–Crippen LogP) is 1.30. The van der Waals surface area contributed by atoms with Crippen molar-refractivity contribution in [3.8, 4) is 0 Å². The largest absolute Gasteiger partial charge is 0.302 e. The topological polar surface area (TPSA) is 15.6 Å². The smallest absolute Gasteiger partial charge is 0.0505 e. The molecule has 0 aliphatic carbocycles. The molecule has 0 amide bonds. The lowest BCUT2D eigenvalue weighted by Crippen LogP contribution is -2.32. The van der Waals surface area contributed by atoms with Crippen LogP contribution in [0.15, 0.2) is 17.1 Å². The minimum Gasteiger partial charge on any atom is -0.302 e. The van der Waals surface area contributed by atoms with Crippen LogP contribution in [0.1, 0.15) is 12.8 Å². The number of allylic oxidation sites excluding steroid dienone is 1. The van der Waals surface area contributed by atoms with Crippen molar-refractivity contribution in [2.75, 3.05) is 20.1 Å². The lowest BCUT2D eigenvalue weighted by molar-refractivity contribution is 0.325. The van der Waals surface area contributed by atoms with Crippen molar-refractivity contribution < 1.29 is 0 Å². The third-order valence-corrected chi connectivity index (χ3v) is 2.72. The van der Waals surface area contributed by atoms with Crippen molar-refractivity contribution in [1.29, 1.82) is 0 Å². The summed E-state index contributed by atoms with van der Waals surface area (Å²) < 4.78 is 0. The van der Waals surface area contributed by atoms with Gasteiger partial charge in [0.25, 0.3) is 0 Å². The molecule has 1 radical (unpaired) electrons. The summed E-state index contributed by atoms with van der Waals surface area (Å²) in [4.78, 5) is 6.69. The molecule has 2 heterocycles. The monoisotopic (exact) mass is 163 g/mol. The number of hydrogen-bond donors (Lipinski definition) is 0. The summed E-state index contributed by atoms with van der Waals surface area (Å²) in [5, 5.41) is 0. The van der Waals surface area contributed by atoms with Crippen LogP contribution < -0.4 is 0 Å². The molecule has 1 saturated heterocycles. The van der Waals surface area contributed by atoms with Crippen LogP contribution in [0.4, 0.5) is 0 Å². The molecule has 0 unspecified atom stereocenters. The first kappa shape index (κ1) is 7.99. The first-order chi connectivity index (χ1) is 5.88. The van der Waals surface area contributed by atoms with Gasteiger partial charge >= 0.3 is 0 Å². The molecule has 65 valence electrons. The fraction of sp³-hybridized carbons (Fsp3) is 0.600. The summed E-state index contributed by atoms with van der Waals surface area (Å²) in [6.07, 6.45) is 8.80. The zero-order chi connectivity index (χ0) is 8.39. The molecule has 0 aromatic rings. The Morgan fingerprint density at radius 3 is 3.08 bits per heavy atom. The maximum atomic E-state index is 4.26. The standard InChI is InChI=1S/C10H15N2/c1-12-7-3-5-10(12)9-4-2-6-11-8-9/h2,4,6,10H,3,5,7-8H2,1H3/t10-/m0/s1. The van der Waals surface area contributed by atoms with Crippen molar-refractivity contribution in [1.82, 2.24) is 4.90 Å². The molecular formula is C10H15N2. The van der Waals surface area contributed by atoms with Gasteiger partial charge in [-0.3, -0.25) is 4.99 Å². The van der Waals surface area contributed by atoms with Crippen LogP contribution in [-0.2, 0) is 0 Å². The zero-order valence-electron chi connectivity index (χ0n) is 7.53. The summed E-state index contributed by atoms with van der Waals surface area (Å²) in [5.41, 5.74) is 0. The average Bonchev–Trinajstić information content (AvgIpc) is 2.53. The van der Waals surface area contributed by atoms with Crippen LogP contribution in [0, 0.1) is 5.92 Å². The van der Waals surface area contributed by atoms with Crippen molar-refractivity contribution in [2.45, 2.75) is 18.9 Å². The van der Waals surface area contributed by atoms with E-state index in [9.17, 15) is 0 Å². The van der Waals surface area contributed by atoms with Gasteiger partial charge in [-0.05, 0) is 32.5 Å². The highest BCUT2D eigenvalue weighted by atomic mass is 15.2. The van der Waals surface area contributed by atoms with E-state index in [-0.39, 0.29) is 0 Å². The van der Waals surface area contributed by atoms with Crippen LogP contribution in [0.25, 0.3) is 0 Å². The van der Waals surface area contributed by atoms with Gasteiger partial charge < -0.3 is 4.90 Å². The molecule has 0 saturated carbocycles. The normalized spacial score (nSPS) is 31.6. The Hall–Kier alpha value is -0.630. The predicted molar refractivity (Wildman–Crippen MR) is 51.4 cm³/mol. The van der Waals surface area contributed by atoms with Crippen molar-refractivity contribution in [2.24, 2.45) is 4.99 Å². The maximum absolute atomic E-state index is 4.26. The van der Waals surface area contributed by atoms with E-state index in [2.05, 4.69) is 23.0 Å². The molecule has 12 heavy (non-hydrogen) atoms. The number of hydrogen-bond acceptors (Lipinski definition) is 2. The van der Waals surface area contributed by atoms with E-state index in [0.29, 0.717) is 6.04 Å². The lowest BCUT2D eigenvalue weighted by Gasteiger charge is -2.25. The van der Waals surface area contributed by atoms with Crippen molar-refractivity contribution >= 4 is 6.21 Å². The summed E-state index contributed by atoms with van der Waals surface area (Å²) >= 11 is 0. The van der Waals surface area contributed by atoms with Gasteiger partial charge in [0.1, 0.15) is 0 Å². The van der Waals surface area contributed by atoms with Gasteiger partial charge in [0, 0.05) is 18.2 Å². The Kier molecular flexibility index (Phi) is 2.26. The quantitative estimate of drug-likeness (QED) is 0.569. The lowest BCUT2D eigenvalue weighted by atomic mass is 9.96. The Morgan fingerprint density at radius 1 is 1.58 bits per heavy atom. The molecule has 2 heteroatoms. The summed E-state index contributed by atoms with van der Waals surface area (Å²) in [6, 6.07) is 0.665. The van der Waals surface area contributed by atoms with Crippen LogP contribution in [0.3, 0.4) is 0 Å². The molecule has 0 aromatic carbocycles. The zero-order valence-corrected chi connectivity index (χ0v) is 7.53. The molecule has 2 rings (SSSR count). The van der Waals surface area contributed by atoms with E-state index in [1.165, 1.54) is 25.3 Å². The number of aliphatic imine (C=N–C) groups is 1. The van der Waals surface area contributed by atoms with Gasteiger partial charge in [-0.2, -0.15) is 0 Å². The minimum atomic E-state index is 0.665. The van der Waals surface area contributed by atoms with Gasteiger partial charge in [0.2, 0.25) is 0 Å². The number of rotatable bonds is 1. The van der Waals surface area contributed by atoms with E-state index in [4.69, 9.17) is 0 Å². The SMILES string of the molecule is CN1CCC[C@H]1[C]1C=CC=NC1. The van der Waals surface area contributed by atoms with E-state index >= 15 is 0 Å². The van der Waals surface area contributed by atoms with Gasteiger partial charge in [0.05, 0.1) is 6.54 Å². The van der Waals surface area contributed by atoms with E-state index in [1.807, 2.05) is 12.3 Å². The van der Waals surface area contributed by atoms with E-state index < -0.39 is 0 Å². The molecule has 1 atom stereocenters. The van der Waals surface area contributed by atoms with Gasteiger partial charge in [-0.15, -0.1) is 0 Å². The van der Waals surface area contributed by atoms with Crippen LogP contribution in [0.5, 0.6) is 0 Å². The fourth-order valence-corrected chi connectivity index (χ4v) is 2.03. The second kappa shape index (κ2) is 3.40. The average molecular weight is 163 g/mol. The summed E-state index contributed by atoms with van der Waals surface area (Å²) in [5.74, 6) is 1.48. The molecule has 2 nitrogen and oxygen atoms in total. The molecule has 2 aliphatic rings. The van der Waals surface area contributed by atoms with Crippen LogP contribution in [0.2, 0.25) is 0 Å². The second-order valence-corrected chi connectivity index (χ2v) is 3.56. The summed E-state index contributed by atoms with van der Waals surface area (Å²) in [6.45, 7) is 2.15. The third-order valence-electron chi connectivity index (χ3n) is 2.72. The maximum Gasteiger partial charge on any atom is 0.0505 e. The van der Waals surface area contributed by atoms with E-state index in [1.54, 1.807) is 0 Å². The Morgan fingerprint density at radius 2 is 2.50 bits per heavy atom. The minimum absolute atomic E-state index is 0.665. The molecule has 0 N–H and O–H groups in total. The fourth-order valence-electron chi connectivity index (χ4n) is 2.03. The second-order valence-electron chi connectivity index (χ2n) is 3.56. The van der Waals surface area contributed by atoms with Gasteiger partial charge in [-0.1, -0.05) is 6.08 Å². The molecular weight excluding hydrogens is 148 g/mol. The highest BCUT2D eigenvalue weighted by molar-refractivity contribution is 5.73. The summed E-state index contributed by atoms with van der Waals surface area (Å²) in [7, 11) is 2.21. The van der Waals surface area contributed by atoms with Crippen LogP contribution in [-0.4, -0.2) is 37.3 Å². The van der Waals surface area contributed by atoms with Gasteiger partial charge in [-0.25, -0.2) is 0 Å². The Balaban J connectivity index is 1.99. The first-order valence-corrected chi connectivity index (χ1v) is 4.60. The number of nitrogens with zero attached hydrogens (tertiary/aromatic N) is 2. The van der Waals surface area contributed by atoms with Gasteiger partial charge in [0.15, 0.2) is 0 Å². The molecule has 0 aromatic heterocycles. The molecule has 0 spiro atoms. The first-order valence-electron chi connectivity index (χ1n) is 4.60. The Labute approximate surface area is 74.0 Å². The van der Waals surface area contributed by atoms with Crippen LogP contribution >= 0.6 is 0 Å².